The van der Waals surface area contributed by atoms with Gasteiger partial charge in [0.25, 0.3) is 0 Å². The third kappa shape index (κ3) is 57.9. The van der Waals surface area contributed by atoms with Crippen LogP contribution in [-0.2, 0) is 37.9 Å². The summed E-state index contributed by atoms with van der Waals surface area (Å²) in [6, 6.07) is 0. The molecule has 3 saturated heterocycles. The van der Waals surface area contributed by atoms with Crippen LogP contribution >= 0.6 is 0 Å². The van der Waals surface area contributed by atoms with Crippen LogP contribution in [0.4, 0.5) is 0 Å². The molecule has 3 aliphatic rings. The highest BCUT2D eigenvalue weighted by Gasteiger charge is 2.47. The zero-order valence-corrected chi connectivity index (χ0v) is 72.7. The second-order valence-corrected chi connectivity index (χ2v) is 36.8. The molecule has 113 heavy (non-hydrogen) atoms. The summed E-state index contributed by atoms with van der Waals surface area (Å²) in [4.78, 5) is 0. The first kappa shape index (κ1) is 125. The smallest absolute Gasteiger partial charge is 0.100 e. The Bertz CT molecular complexity index is 2030. The van der Waals surface area contributed by atoms with Gasteiger partial charge in [0.1, 0.15) is 24.4 Å². The van der Waals surface area contributed by atoms with Crippen LogP contribution in [0.25, 0.3) is 0 Å². The standard InChI is InChI=1S/C18H36O4.2C17H34O5.2C17H36O4.5CH4/c1-6-8-9-10-15-14(20)11-16(22-15)17(18(3,4)5)21-12-13(19)7-2;1-5-6-7-8-14(21-11-12(19)10-18)15-9-13(20)16(22-15)17(2,3)4;1-5-6-7-8-13(20)14-9-15(21-11-12(19)10-18)16(22-14)17(2,3)4;1-5-6-7-8-9-10-11-15(16(20)17(2,3)4)21-13-14(19)12-18;1-5-6-7-8-9-10-11-15(20)16(17(2,3)4)21-13-14(19)12-18;;;;;/h13-17,19-20H,6-12H2,1-5H3;2*12-16,18-20H,5-11H2,1-4H3;2*14-16,18-20H,5-13H2,1-4H3;5*1H4. The predicted molar refractivity (Wildman–Crippen MR) is 467 cm³/mol. The maximum absolute atomic E-state index is 10.4. The van der Waals surface area contributed by atoms with E-state index >= 15 is 0 Å². The van der Waals surface area contributed by atoms with Gasteiger partial charge < -0.3 is 109 Å². The molecule has 0 amide bonds. The van der Waals surface area contributed by atoms with Gasteiger partial charge in [-0.2, -0.15) is 0 Å². The summed E-state index contributed by atoms with van der Waals surface area (Å²) < 4.78 is 47.1. The van der Waals surface area contributed by atoms with Crippen LogP contribution in [0.15, 0.2) is 0 Å². The van der Waals surface area contributed by atoms with Gasteiger partial charge in [-0.15, -0.1) is 0 Å². The predicted octanol–water partition coefficient (Wildman–Crippen LogP) is 16.0. The van der Waals surface area contributed by atoms with Crippen molar-refractivity contribution < 1.29 is 109 Å². The Morgan fingerprint density at radius 2 is 0.761 bits per heavy atom. The largest absolute Gasteiger partial charge is 0.394 e. The molecule has 0 bridgehead atoms. The van der Waals surface area contributed by atoms with E-state index in [4.69, 9.17) is 58.3 Å². The summed E-state index contributed by atoms with van der Waals surface area (Å²) in [7, 11) is 0. The normalized spacial score (nSPS) is 23.0. The second kappa shape index (κ2) is 69.6. The van der Waals surface area contributed by atoms with Crippen molar-refractivity contribution in [3.05, 3.63) is 0 Å². The van der Waals surface area contributed by atoms with Crippen LogP contribution in [0.2, 0.25) is 0 Å². The number of aliphatic hydroxyl groups is 14. The molecule has 0 aromatic rings. The zero-order chi connectivity index (χ0) is 82.9. The number of aliphatic hydroxyl groups excluding tert-OH is 14. The zero-order valence-electron chi connectivity index (χ0n) is 72.7. The fourth-order valence-corrected chi connectivity index (χ4v) is 13.8. The van der Waals surface area contributed by atoms with Gasteiger partial charge in [-0.3, -0.25) is 0 Å². The lowest BCUT2D eigenvalue weighted by molar-refractivity contribution is -0.130. The van der Waals surface area contributed by atoms with E-state index in [2.05, 4.69) is 96.9 Å². The minimum atomic E-state index is -0.879. The Kier molecular flexibility index (Phi) is 77.2. The third-order valence-electron chi connectivity index (χ3n) is 20.4. The molecule has 3 heterocycles. The van der Waals surface area contributed by atoms with Crippen LogP contribution in [0.1, 0.15) is 375 Å². The average molecular weight is 1640 g/mol. The molecular weight excluding hydrogens is 1440 g/mol. The van der Waals surface area contributed by atoms with Crippen LogP contribution < -0.4 is 0 Å². The van der Waals surface area contributed by atoms with Gasteiger partial charge in [-0.1, -0.05) is 317 Å². The summed E-state index contributed by atoms with van der Waals surface area (Å²) >= 11 is 0. The molecule has 0 spiro atoms. The molecule has 3 rings (SSSR count). The Morgan fingerprint density at radius 1 is 0.363 bits per heavy atom. The van der Waals surface area contributed by atoms with E-state index in [1.54, 1.807) is 0 Å². The van der Waals surface area contributed by atoms with Crippen molar-refractivity contribution in [2.75, 3.05) is 59.5 Å². The highest BCUT2D eigenvalue weighted by atomic mass is 16.6. The summed E-state index contributed by atoms with van der Waals surface area (Å²) in [5.41, 5.74) is -0.760. The van der Waals surface area contributed by atoms with Gasteiger partial charge >= 0.3 is 0 Å². The molecule has 14 N–H and O–H groups in total. The van der Waals surface area contributed by atoms with Crippen molar-refractivity contribution in [1.29, 1.82) is 0 Å². The lowest BCUT2D eigenvalue weighted by Crippen LogP contribution is -2.42. The molecule has 3 fully saturated rings. The SMILES string of the molecule is C.C.C.C.C.CCCCCC(O)C1CC(OCC(O)CO)C(C(C)(C)C)O1.CCCCCC(OCC(O)CO)C1CC(O)C(C(C)(C)C)O1.CCCCCC1OC(C(OCC(O)CC)C(C)(C)C)CC1O.CCCCCCCCC(O)C(OCC(O)CO)C(C)(C)C.CCCCCCCCC(OCC(O)CO)C(O)C(C)(C)C. The van der Waals surface area contributed by atoms with Crippen LogP contribution in [0, 0.1) is 27.1 Å². The molecular formula is C91H196O22. The molecule has 3 aliphatic heterocycles. The lowest BCUT2D eigenvalue weighted by Gasteiger charge is -2.35. The first-order valence-corrected chi connectivity index (χ1v) is 42.8. The molecule has 0 aromatic heterocycles. The van der Waals surface area contributed by atoms with Crippen molar-refractivity contribution in [2.24, 2.45) is 27.1 Å². The molecule has 21 atom stereocenters. The number of hydrogen-bond donors (Lipinski definition) is 14. The minimum Gasteiger partial charge on any atom is -0.394 e. The van der Waals surface area contributed by atoms with E-state index in [-0.39, 0.29) is 184 Å². The van der Waals surface area contributed by atoms with E-state index in [0.29, 0.717) is 32.3 Å². The molecule has 0 radical (unpaired) electrons. The summed E-state index contributed by atoms with van der Waals surface area (Å²) in [6.45, 7) is 43.1. The van der Waals surface area contributed by atoms with Crippen LogP contribution in [0.3, 0.4) is 0 Å². The van der Waals surface area contributed by atoms with E-state index in [1.165, 1.54) is 64.2 Å². The third-order valence-corrected chi connectivity index (χ3v) is 20.4. The summed E-state index contributed by atoms with van der Waals surface area (Å²) in [5, 5.41) is 135. The summed E-state index contributed by atoms with van der Waals surface area (Å²) in [5.74, 6) is 0. The van der Waals surface area contributed by atoms with E-state index in [0.717, 1.165) is 103 Å². The first-order valence-electron chi connectivity index (χ1n) is 42.8. The lowest BCUT2D eigenvalue weighted by atomic mass is 9.84. The first-order chi connectivity index (χ1) is 50.5. The Balaban J connectivity index is -0.000000246. The average Bonchev–Trinajstić information content (AvgIpc) is 1.69. The molecule has 0 aliphatic carbocycles. The van der Waals surface area contributed by atoms with Gasteiger partial charge in [0.2, 0.25) is 0 Å². The fraction of sp³-hybridized carbons (Fsp3) is 1.00. The van der Waals surface area contributed by atoms with E-state index in [9.17, 15) is 51.1 Å². The maximum Gasteiger partial charge on any atom is 0.100 e. The topological polar surface area (TPSA) is 357 Å². The minimum absolute atomic E-state index is 0. The molecule has 21 unspecified atom stereocenters. The number of unbranched alkanes of at least 4 members (excludes halogenated alkanes) is 16. The Morgan fingerprint density at radius 3 is 1.20 bits per heavy atom. The van der Waals surface area contributed by atoms with Crippen molar-refractivity contribution >= 4 is 0 Å². The number of ether oxygens (including phenoxy) is 8. The Labute approximate surface area is 696 Å². The maximum atomic E-state index is 10.4. The molecule has 22 heteroatoms. The van der Waals surface area contributed by atoms with Crippen molar-refractivity contribution in [3.63, 3.8) is 0 Å². The second-order valence-electron chi connectivity index (χ2n) is 36.8. The van der Waals surface area contributed by atoms with E-state index < -0.39 is 61.0 Å². The molecule has 0 saturated carbocycles. The molecule has 0 aromatic carbocycles. The van der Waals surface area contributed by atoms with Crippen molar-refractivity contribution in [2.45, 2.75) is 503 Å². The van der Waals surface area contributed by atoms with Gasteiger partial charge in [0.15, 0.2) is 0 Å². The highest BCUT2D eigenvalue weighted by molar-refractivity contribution is 4.96. The number of rotatable bonds is 51. The molecule has 22 nitrogen and oxygen atoms in total. The number of hydrogen-bond acceptors (Lipinski definition) is 22. The summed E-state index contributed by atoms with van der Waals surface area (Å²) in [6.07, 6.45) is 22.7. The van der Waals surface area contributed by atoms with Gasteiger partial charge in [0.05, 0.1) is 163 Å². The molecule has 692 valence electrons. The van der Waals surface area contributed by atoms with E-state index in [1.807, 2.05) is 48.5 Å². The van der Waals surface area contributed by atoms with Crippen LogP contribution in [0.5, 0.6) is 0 Å². The van der Waals surface area contributed by atoms with Crippen molar-refractivity contribution in [3.8, 4) is 0 Å². The van der Waals surface area contributed by atoms with Crippen molar-refractivity contribution in [1.82, 2.24) is 0 Å². The van der Waals surface area contributed by atoms with Gasteiger partial charge in [-0.25, -0.2) is 0 Å². The fourth-order valence-electron chi connectivity index (χ4n) is 13.8. The quantitative estimate of drug-likeness (QED) is 0.0252. The monoisotopic (exact) mass is 1640 g/mol. The van der Waals surface area contributed by atoms with Crippen LogP contribution in [-0.4, -0.2) is 259 Å². The van der Waals surface area contributed by atoms with Gasteiger partial charge in [0, 0.05) is 19.3 Å². The Hall–Kier alpha value is -0.880. The van der Waals surface area contributed by atoms with Gasteiger partial charge in [-0.05, 0) is 65.6 Å². The highest BCUT2D eigenvalue weighted by Crippen LogP contribution is 2.40.